The van der Waals surface area contributed by atoms with Crippen LogP contribution in [0, 0.1) is 0 Å². The number of piperidine rings is 1. The number of hydrogen-bond donors (Lipinski definition) is 2. The Morgan fingerprint density at radius 3 is 1.93 bits per heavy atom. The molecule has 16 heteroatoms. The van der Waals surface area contributed by atoms with Crippen molar-refractivity contribution in [3.63, 3.8) is 0 Å². The molecule has 1 aliphatic carbocycles. The molecule has 1 aliphatic heterocycles. The molecule has 2 N–H and O–H groups in total. The fraction of sp³-hybridized carbons (Fsp3) is 0.527. The van der Waals surface area contributed by atoms with Gasteiger partial charge in [0.15, 0.2) is 0 Å². The Morgan fingerprint density at radius 1 is 0.634 bits per heavy atom. The van der Waals surface area contributed by atoms with E-state index in [-0.39, 0.29) is 31.2 Å². The number of pyridine rings is 1. The number of amides is 3. The summed E-state index contributed by atoms with van der Waals surface area (Å²) in [4.78, 5) is 52.2. The van der Waals surface area contributed by atoms with Gasteiger partial charge in [0, 0.05) is 81.0 Å². The Labute approximate surface area is 421 Å². The van der Waals surface area contributed by atoms with Gasteiger partial charge in [-0.2, -0.15) is 0 Å². The van der Waals surface area contributed by atoms with Gasteiger partial charge >= 0.3 is 0 Å². The van der Waals surface area contributed by atoms with Crippen LogP contribution in [0.5, 0.6) is 0 Å². The maximum Gasteiger partial charge on any atom is 0.255 e. The number of carbonyl (C=O) groups is 3. The fourth-order valence-corrected chi connectivity index (χ4v) is 8.37. The summed E-state index contributed by atoms with van der Waals surface area (Å²) in [6, 6.07) is 24.6. The van der Waals surface area contributed by atoms with Crippen molar-refractivity contribution in [1.82, 2.24) is 20.1 Å². The van der Waals surface area contributed by atoms with E-state index in [2.05, 4.69) is 38.6 Å². The van der Waals surface area contributed by atoms with Crippen LogP contribution in [0.25, 0.3) is 11.3 Å². The molecule has 1 aromatic heterocycles. The zero-order chi connectivity index (χ0) is 49.2. The van der Waals surface area contributed by atoms with E-state index in [1.807, 2.05) is 31.3 Å². The molecule has 0 spiro atoms. The van der Waals surface area contributed by atoms with Crippen molar-refractivity contribution in [1.29, 1.82) is 0 Å². The van der Waals surface area contributed by atoms with Crippen LogP contribution in [0.15, 0.2) is 85.1 Å². The molecule has 1 saturated heterocycles. The first kappa shape index (κ1) is 56.6. The number of hydrogen-bond acceptors (Lipinski definition) is 13. The van der Waals surface area contributed by atoms with Crippen LogP contribution < -0.4 is 15.5 Å². The Hall–Kier alpha value is -5.30. The van der Waals surface area contributed by atoms with E-state index in [1.54, 1.807) is 61.7 Å². The third kappa shape index (κ3) is 19.0. The quantitative estimate of drug-likeness (QED) is 0.0489. The van der Waals surface area contributed by atoms with Gasteiger partial charge in [-0.05, 0) is 105 Å². The Balaban J connectivity index is 0.00000937. The van der Waals surface area contributed by atoms with Crippen molar-refractivity contribution in [3.8, 4) is 11.3 Å². The minimum Gasteiger partial charge on any atom is -0.382 e. The monoisotopic (exact) mass is 983 g/mol. The molecule has 1 fully saturated rings. The summed E-state index contributed by atoms with van der Waals surface area (Å²) in [6.07, 6.45) is 7.98. The number of rotatable bonds is 31. The van der Waals surface area contributed by atoms with Gasteiger partial charge in [0.1, 0.15) is 0 Å². The molecular formula is C55H78N6O10. The first-order valence-electron chi connectivity index (χ1n) is 24.9. The lowest BCUT2D eigenvalue weighted by molar-refractivity contribution is -0.0195. The number of likely N-dealkylation sites (N-methyl/N-ethyl adjacent to an activating group) is 2. The summed E-state index contributed by atoms with van der Waals surface area (Å²) >= 11 is 0. The van der Waals surface area contributed by atoms with Gasteiger partial charge in [-0.25, -0.2) is 0 Å². The van der Waals surface area contributed by atoms with Gasteiger partial charge in [0.2, 0.25) is 0 Å². The summed E-state index contributed by atoms with van der Waals surface area (Å²) in [5.41, 5.74) is 6.59. The smallest absolute Gasteiger partial charge is 0.255 e. The largest absolute Gasteiger partial charge is 0.382 e. The van der Waals surface area contributed by atoms with Crippen molar-refractivity contribution in [2.45, 2.75) is 52.0 Å². The zero-order valence-corrected chi connectivity index (χ0v) is 41.5. The predicted octanol–water partition coefficient (Wildman–Crippen LogP) is 7.18. The van der Waals surface area contributed by atoms with Gasteiger partial charge in [-0.1, -0.05) is 37.8 Å². The number of aryl methyl sites for hydroxylation is 1. The van der Waals surface area contributed by atoms with Gasteiger partial charge in [0.25, 0.3) is 17.7 Å². The van der Waals surface area contributed by atoms with Crippen LogP contribution in [-0.2, 0) is 39.6 Å². The topological polar surface area (TPSA) is 162 Å². The lowest BCUT2D eigenvalue weighted by atomic mass is 9.87. The van der Waals surface area contributed by atoms with E-state index in [0.29, 0.717) is 139 Å². The lowest BCUT2D eigenvalue weighted by Crippen LogP contribution is -2.36. The average molecular weight is 983 g/mol. The second-order valence-corrected chi connectivity index (χ2v) is 17.6. The zero-order valence-electron chi connectivity index (χ0n) is 41.5. The van der Waals surface area contributed by atoms with E-state index in [9.17, 15) is 14.4 Å². The van der Waals surface area contributed by atoms with Crippen LogP contribution in [0.3, 0.4) is 0 Å². The number of nitrogens with zero attached hydrogens (tertiary/aromatic N) is 4. The molecule has 0 saturated carbocycles. The number of fused-ring (bicyclic) bond motifs is 1. The van der Waals surface area contributed by atoms with Crippen LogP contribution in [0.1, 0.15) is 87.8 Å². The standard InChI is InChI=1S/C54H74N6O10.CH4/c1-58(25-26-65-29-30-67-33-34-69-37-38-70-36-35-68-32-31-66-28-27-64-3)23-24-59(2)54(63)45-14-9-13-43(39-45)52(61)57-50-18-17-46(60-21-7-4-8-22-60)41-48(50)51-40-44(19-20-55-51)53(62)56-49-16-10-12-42-11-5-6-15-47(42)49;/h5-6,9,11,13-15,17-20,39-41,49H,4,7-8,10,12,16,21-38H2,1-3H3,(H,56,62)(H,57,61);1H4/t49-;/m0./s1. The summed E-state index contributed by atoms with van der Waals surface area (Å²) in [6.45, 7) is 10.4. The molecule has 0 unspecified atom stereocenters. The second kappa shape index (κ2) is 31.9. The minimum absolute atomic E-state index is 0. The molecule has 3 aromatic carbocycles. The molecule has 0 bridgehead atoms. The van der Waals surface area contributed by atoms with Gasteiger partial charge in [-0.15, -0.1) is 0 Å². The average Bonchev–Trinajstić information content (AvgIpc) is 3.39. The van der Waals surface area contributed by atoms with E-state index < -0.39 is 0 Å². The normalized spacial score (nSPS) is 14.4. The number of aromatic nitrogens is 1. The summed E-state index contributed by atoms with van der Waals surface area (Å²) in [5.74, 6) is -0.708. The molecule has 4 aromatic rings. The van der Waals surface area contributed by atoms with Crippen molar-refractivity contribution in [2.24, 2.45) is 0 Å². The molecular weight excluding hydrogens is 905 g/mol. The summed E-state index contributed by atoms with van der Waals surface area (Å²) < 4.78 is 38.1. The van der Waals surface area contributed by atoms with Crippen molar-refractivity contribution in [3.05, 3.63) is 113 Å². The molecule has 2 aliphatic rings. The molecule has 0 radical (unpaired) electrons. The Bertz CT molecular complexity index is 2210. The highest BCUT2D eigenvalue weighted by Gasteiger charge is 2.24. The first-order valence-corrected chi connectivity index (χ1v) is 24.9. The Kier molecular flexibility index (Phi) is 25.4. The highest BCUT2D eigenvalue weighted by atomic mass is 16.6. The molecule has 71 heavy (non-hydrogen) atoms. The number of nitrogens with one attached hydrogen (secondary N) is 2. The van der Waals surface area contributed by atoms with Crippen molar-refractivity contribution in [2.75, 3.05) is 150 Å². The summed E-state index contributed by atoms with van der Waals surface area (Å²) in [7, 11) is 5.39. The first-order chi connectivity index (χ1) is 34.3. The van der Waals surface area contributed by atoms with Crippen LogP contribution in [-0.4, -0.2) is 172 Å². The third-order valence-corrected chi connectivity index (χ3v) is 12.4. The molecule has 16 nitrogen and oxygen atoms in total. The van der Waals surface area contributed by atoms with Crippen LogP contribution in [0.2, 0.25) is 0 Å². The highest BCUT2D eigenvalue weighted by molar-refractivity contribution is 6.08. The third-order valence-electron chi connectivity index (χ3n) is 12.4. The van der Waals surface area contributed by atoms with E-state index >= 15 is 0 Å². The second-order valence-electron chi connectivity index (χ2n) is 17.6. The van der Waals surface area contributed by atoms with Crippen LogP contribution >= 0.6 is 0 Å². The van der Waals surface area contributed by atoms with Gasteiger partial charge in [-0.3, -0.25) is 19.4 Å². The number of anilines is 2. The maximum absolute atomic E-state index is 14.0. The number of benzene rings is 3. The Morgan fingerprint density at radius 2 is 1.25 bits per heavy atom. The van der Waals surface area contributed by atoms with Crippen molar-refractivity contribution >= 4 is 29.1 Å². The van der Waals surface area contributed by atoms with Crippen molar-refractivity contribution < 1.29 is 47.5 Å². The van der Waals surface area contributed by atoms with E-state index in [1.165, 1.54) is 17.5 Å². The molecule has 2 heterocycles. The van der Waals surface area contributed by atoms with Crippen LogP contribution in [0.4, 0.5) is 11.4 Å². The van der Waals surface area contributed by atoms with E-state index in [0.717, 1.165) is 50.9 Å². The van der Waals surface area contributed by atoms with E-state index in [4.69, 9.17) is 38.1 Å². The molecule has 388 valence electrons. The SMILES string of the molecule is C.COCCOCCOCCOCCOCCOCCOCCN(C)CCN(C)C(=O)c1cccc(C(=O)Nc2ccc(N3CCCCC3)cc2-c2cc(C(=O)N[C@H]3CCCc4ccccc43)ccn2)c1. The minimum atomic E-state index is -0.358. The molecule has 3 amide bonds. The fourth-order valence-electron chi connectivity index (χ4n) is 8.37. The predicted molar refractivity (Wildman–Crippen MR) is 278 cm³/mol. The number of carbonyl (C=O) groups excluding carboxylic acids is 3. The van der Waals surface area contributed by atoms with Gasteiger partial charge in [0.05, 0.1) is 103 Å². The molecule has 6 rings (SSSR count). The highest BCUT2D eigenvalue weighted by Crippen LogP contribution is 2.34. The molecule has 1 atom stereocenters. The number of ether oxygens (including phenoxy) is 7. The maximum atomic E-state index is 14.0. The number of methoxy groups -OCH3 is 1. The van der Waals surface area contributed by atoms with Gasteiger partial charge < -0.3 is 58.5 Å². The summed E-state index contributed by atoms with van der Waals surface area (Å²) in [5, 5.41) is 6.38. The lowest BCUT2D eigenvalue weighted by Gasteiger charge is -2.29.